The van der Waals surface area contributed by atoms with Crippen molar-refractivity contribution in [3.05, 3.63) is 60.2 Å². The van der Waals surface area contributed by atoms with E-state index in [0.29, 0.717) is 25.3 Å². The highest BCUT2D eigenvalue weighted by molar-refractivity contribution is 5.96. The molecule has 1 fully saturated rings. The molecule has 0 spiro atoms. The lowest BCUT2D eigenvalue weighted by atomic mass is 10.2. The van der Waals surface area contributed by atoms with Crippen molar-refractivity contribution in [2.24, 2.45) is 0 Å². The molecule has 1 aliphatic rings. The number of unbranched alkanes of at least 4 members (excludes halogenated alkanes) is 1. The lowest BCUT2D eigenvalue weighted by Crippen LogP contribution is -2.51. The summed E-state index contributed by atoms with van der Waals surface area (Å²) in [6, 6.07) is 17.2. The standard InChI is InChI=1S/C23H29N3O3/c1-2-3-17-29-21-11-9-19(10-12-21)23(28)24-18-22(27)26-15-13-25(14-16-26)20-7-5-4-6-8-20/h4-12H,2-3,13-18H2,1H3,(H,24,28). The van der Waals surface area contributed by atoms with Crippen molar-refractivity contribution in [2.75, 3.05) is 44.2 Å². The topological polar surface area (TPSA) is 61.9 Å². The molecule has 1 N–H and O–H groups in total. The number of benzene rings is 2. The molecular formula is C23H29N3O3. The normalized spacial score (nSPS) is 13.8. The number of rotatable bonds is 8. The van der Waals surface area contributed by atoms with Gasteiger partial charge in [-0.05, 0) is 42.8 Å². The first-order chi connectivity index (χ1) is 14.2. The van der Waals surface area contributed by atoms with Crippen LogP contribution in [0.1, 0.15) is 30.1 Å². The molecule has 0 radical (unpaired) electrons. The zero-order valence-electron chi connectivity index (χ0n) is 17.0. The third-order valence-electron chi connectivity index (χ3n) is 5.04. The van der Waals surface area contributed by atoms with Gasteiger partial charge in [0.25, 0.3) is 5.91 Å². The van der Waals surface area contributed by atoms with E-state index in [-0.39, 0.29) is 18.4 Å². The lowest BCUT2D eigenvalue weighted by Gasteiger charge is -2.36. The Balaban J connectivity index is 1.41. The van der Waals surface area contributed by atoms with Gasteiger partial charge < -0.3 is 19.9 Å². The van der Waals surface area contributed by atoms with Gasteiger partial charge in [-0.25, -0.2) is 0 Å². The van der Waals surface area contributed by atoms with Crippen LogP contribution in [0.5, 0.6) is 5.75 Å². The predicted octanol–water partition coefficient (Wildman–Crippen LogP) is 2.94. The fraction of sp³-hybridized carbons (Fsp3) is 0.391. The summed E-state index contributed by atoms with van der Waals surface area (Å²) in [6.45, 7) is 5.71. The molecule has 6 nitrogen and oxygen atoms in total. The first-order valence-electron chi connectivity index (χ1n) is 10.3. The molecule has 0 bridgehead atoms. The molecule has 1 saturated heterocycles. The zero-order valence-corrected chi connectivity index (χ0v) is 17.0. The summed E-state index contributed by atoms with van der Waals surface area (Å²) in [6.07, 6.45) is 2.08. The van der Waals surface area contributed by atoms with Crippen molar-refractivity contribution in [2.45, 2.75) is 19.8 Å². The van der Waals surface area contributed by atoms with Gasteiger partial charge in [0, 0.05) is 37.4 Å². The van der Waals surface area contributed by atoms with Crippen molar-refractivity contribution in [3.63, 3.8) is 0 Å². The molecule has 2 aromatic carbocycles. The van der Waals surface area contributed by atoms with Crippen molar-refractivity contribution in [1.82, 2.24) is 10.2 Å². The molecule has 0 saturated carbocycles. The number of hydrogen-bond acceptors (Lipinski definition) is 4. The fourth-order valence-electron chi connectivity index (χ4n) is 3.26. The van der Waals surface area contributed by atoms with Crippen LogP contribution in [-0.4, -0.2) is 56.0 Å². The van der Waals surface area contributed by atoms with E-state index in [1.54, 1.807) is 24.3 Å². The first kappa shape index (κ1) is 20.7. The summed E-state index contributed by atoms with van der Waals surface area (Å²) in [7, 11) is 0. The van der Waals surface area contributed by atoms with Crippen molar-refractivity contribution < 1.29 is 14.3 Å². The minimum atomic E-state index is -0.249. The number of hydrogen-bond donors (Lipinski definition) is 1. The number of carbonyl (C=O) groups excluding carboxylic acids is 2. The summed E-state index contributed by atoms with van der Waals surface area (Å²) in [5, 5.41) is 2.73. The predicted molar refractivity (Wildman–Crippen MR) is 114 cm³/mol. The fourth-order valence-corrected chi connectivity index (χ4v) is 3.26. The van der Waals surface area contributed by atoms with E-state index in [1.807, 2.05) is 23.1 Å². The van der Waals surface area contributed by atoms with E-state index in [1.165, 1.54) is 5.69 Å². The second kappa shape index (κ2) is 10.5. The van der Waals surface area contributed by atoms with Crippen molar-refractivity contribution in [3.8, 4) is 5.75 Å². The SMILES string of the molecule is CCCCOc1ccc(C(=O)NCC(=O)N2CCN(c3ccccc3)CC2)cc1. The molecule has 1 heterocycles. The Morgan fingerprint density at radius 3 is 2.31 bits per heavy atom. The van der Waals surface area contributed by atoms with Gasteiger partial charge in [-0.2, -0.15) is 0 Å². The Kier molecular flexibility index (Phi) is 7.50. The average Bonchev–Trinajstić information content (AvgIpc) is 2.78. The number of nitrogens with zero attached hydrogens (tertiary/aromatic N) is 2. The maximum absolute atomic E-state index is 12.5. The van der Waals surface area contributed by atoms with E-state index in [2.05, 4.69) is 29.3 Å². The third-order valence-corrected chi connectivity index (χ3v) is 5.04. The molecule has 1 aliphatic heterocycles. The molecule has 0 unspecified atom stereocenters. The molecule has 3 rings (SSSR count). The van der Waals surface area contributed by atoms with Crippen LogP contribution in [0.4, 0.5) is 5.69 Å². The summed E-state index contributed by atoms with van der Waals surface area (Å²) >= 11 is 0. The Morgan fingerprint density at radius 2 is 1.66 bits per heavy atom. The van der Waals surface area contributed by atoms with Gasteiger partial charge in [0.1, 0.15) is 5.75 Å². The molecule has 0 aliphatic carbocycles. The maximum atomic E-state index is 12.5. The van der Waals surface area contributed by atoms with Gasteiger partial charge in [-0.15, -0.1) is 0 Å². The number of anilines is 1. The highest BCUT2D eigenvalue weighted by Crippen LogP contribution is 2.16. The van der Waals surface area contributed by atoms with E-state index in [4.69, 9.17) is 4.74 Å². The monoisotopic (exact) mass is 395 g/mol. The highest BCUT2D eigenvalue weighted by Gasteiger charge is 2.21. The van der Waals surface area contributed by atoms with Crippen LogP contribution >= 0.6 is 0 Å². The maximum Gasteiger partial charge on any atom is 0.251 e. The molecular weight excluding hydrogens is 366 g/mol. The molecule has 2 aromatic rings. The number of piperazine rings is 1. The van der Waals surface area contributed by atoms with Crippen molar-refractivity contribution >= 4 is 17.5 Å². The van der Waals surface area contributed by atoms with Gasteiger partial charge in [-0.1, -0.05) is 31.5 Å². The first-order valence-corrected chi connectivity index (χ1v) is 10.3. The second-order valence-electron chi connectivity index (χ2n) is 7.11. The quantitative estimate of drug-likeness (QED) is 0.698. The molecule has 2 amide bonds. The van der Waals surface area contributed by atoms with E-state index >= 15 is 0 Å². The highest BCUT2D eigenvalue weighted by atomic mass is 16.5. The average molecular weight is 396 g/mol. The molecule has 6 heteroatoms. The number of nitrogens with one attached hydrogen (secondary N) is 1. The van der Waals surface area contributed by atoms with E-state index < -0.39 is 0 Å². The number of amides is 2. The van der Waals surface area contributed by atoms with Crippen LogP contribution in [0.2, 0.25) is 0 Å². The van der Waals surface area contributed by atoms with Gasteiger partial charge >= 0.3 is 0 Å². The molecule has 29 heavy (non-hydrogen) atoms. The second-order valence-corrected chi connectivity index (χ2v) is 7.11. The minimum absolute atomic E-state index is 0.0128. The Hall–Kier alpha value is -3.02. The van der Waals surface area contributed by atoms with Crippen LogP contribution in [0.3, 0.4) is 0 Å². The minimum Gasteiger partial charge on any atom is -0.494 e. The van der Waals surface area contributed by atoms with Gasteiger partial charge in [0.2, 0.25) is 5.91 Å². The molecule has 0 aromatic heterocycles. The van der Waals surface area contributed by atoms with Crippen LogP contribution in [0, 0.1) is 0 Å². The Morgan fingerprint density at radius 1 is 0.966 bits per heavy atom. The van der Waals surface area contributed by atoms with Crippen LogP contribution < -0.4 is 15.0 Å². The van der Waals surface area contributed by atoms with E-state index in [9.17, 15) is 9.59 Å². The molecule has 154 valence electrons. The number of para-hydroxylation sites is 1. The number of carbonyl (C=O) groups is 2. The summed E-state index contributed by atoms with van der Waals surface area (Å²) < 4.78 is 5.60. The Labute approximate surface area is 172 Å². The smallest absolute Gasteiger partial charge is 0.251 e. The van der Waals surface area contributed by atoms with Gasteiger partial charge in [-0.3, -0.25) is 9.59 Å². The zero-order chi connectivity index (χ0) is 20.5. The Bertz CT molecular complexity index is 785. The van der Waals surface area contributed by atoms with Crippen LogP contribution in [0.15, 0.2) is 54.6 Å². The summed E-state index contributed by atoms with van der Waals surface area (Å²) in [4.78, 5) is 28.8. The summed E-state index contributed by atoms with van der Waals surface area (Å²) in [5.41, 5.74) is 1.70. The molecule has 0 atom stereocenters. The van der Waals surface area contributed by atoms with Gasteiger partial charge in [0.15, 0.2) is 0 Å². The summed E-state index contributed by atoms with van der Waals surface area (Å²) in [5.74, 6) is 0.453. The third kappa shape index (κ3) is 5.98. The van der Waals surface area contributed by atoms with Crippen LogP contribution in [0.25, 0.3) is 0 Å². The van der Waals surface area contributed by atoms with Crippen molar-refractivity contribution in [1.29, 1.82) is 0 Å². The lowest BCUT2D eigenvalue weighted by molar-refractivity contribution is -0.130. The largest absolute Gasteiger partial charge is 0.494 e. The van der Waals surface area contributed by atoms with E-state index in [0.717, 1.165) is 31.7 Å². The van der Waals surface area contributed by atoms with Gasteiger partial charge in [0.05, 0.1) is 13.2 Å². The van der Waals surface area contributed by atoms with Crippen LogP contribution in [-0.2, 0) is 4.79 Å². The number of ether oxygens (including phenoxy) is 1.